The van der Waals surface area contributed by atoms with Crippen LogP contribution in [0, 0.1) is 0 Å². The van der Waals surface area contributed by atoms with Crippen molar-refractivity contribution in [2.45, 2.75) is 0 Å². The van der Waals surface area contributed by atoms with E-state index in [4.69, 9.17) is 9.47 Å². The highest BCUT2D eigenvalue weighted by Crippen LogP contribution is 2.21. The Morgan fingerprint density at radius 1 is 1.18 bits per heavy atom. The minimum Gasteiger partial charge on any atom is -0.497 e. The number of benzene rings is 2. The molecular weight excluding hydrogens is 346 g/mol. The molecule has 3 rings (SSSR count). The highest BCUT2D eigenvalue weighted by atomic mass is 79.9. The van der Waals surface area contributed by atoms with E-state index in [-0.39, 0.29) is 5.70 Å². The van der Waals surface area contributed by atoms with Crippen LogP contribution in [0.1, 0.15) is 11.1 Å². The summed E-state index contributed by atoms with van der Waals surface area (Å²) < 4.78 is 11.2. The molecule has 2 aromatic rings. The van der Waals surface area contributed by atoms with E-state index in [9.17, 15) is 4.79 Å². The summed E-state index contributed by atoms with van der Waals surface area (Å²) in [5, 5.41) is 0. The first kappa shape index (κ1) is 14.5. The molecule has 0 spiro atoms. The molecule has 4 nitrogen and oxygen atoms in total. The topological polar surface area (TPSA) is 47.9 Å². The molecule has 1 aliphatic rings. The van der Waals surface area contributed by atoms with E-state index >= 15 is 0 Å². The molecule has 22 heavy (non-hydrogen) atoms. The quantitative estimate of drug-likeness (QED) is 0.619. The maximum atomic E-state index is 11.9. The van der Waals surface area contributed by atoms with Crippen LogP contribution in [0.15, 0.2) is 63.7 Å². The van der Waals surface area contributed by atoms with Crippen LogP contribution in [-0.4, -0.2) is 19.0 Å². The number of methoxy groups -OCH3 is 1. The van der Waals surface area contributed by atoms with Crippen molar-refractivity contribution in [3.05, 3.63) is 69.8 Å². The Balaban J connectivity index is 1.90. The van der Waals surface area contributed by atoms with Crippen LogP contribution in [-0.2, 0) is 9.53 Å². The van der Waals surface area contributed by atoms with Gasteiger partial charge in [0.25, 0.3) is 0 Å². The maximum Gasteiger partial charge on any atom is 0.363 e. The van der Waals surface area contributed by atoms with E-state index in [1.54, 1.807) is 13.2 Å². The summed E-state index contributed by atoms with van der Waals surface area (Å²) in [6.07, 6.45) is 1.69. The number of hydrogen-bond acceptors (Lipinski definition) is 4. The van der Waals surface area contributed by atoms with Gasteiger partial charge in [-0.25, -0.2) is 9.79 Å². The predicted octanol–water partition coefficient (Wildman–Crippen LogP) is 3.80. The third-order valence-corrected chi connectivity index (χ3v) is 3.60. The standard InChI is InChI=1S/C17H12BrNO3/c1-21-14-7-5-11(6-8-14)9-15-17(20)22-16(19-15)12-3-2-4-13(18)10-12/h2-10H,1H3. The molecule has 5 heteroatoms. The number of carbonyl (C=O) groups is 1. The molecule has 0 saturated heterocycles. The fourth-order valence-corrected chi connectivity index (χ4v) is 2.41. The van der Waals surface area contributed by atoms with E-state index in [1.807, 2.05) is 48.5 Å². The number of esters is 1. The first-order valence-electron chi connectivity index (χ1n) is 6.58. The predicted molar refractivity (Wildman–Crippen MR) is 87.7 cm³/mol. The molecule has 0 atom stereocenters. The number of rotatable bonds is 3. The zero-order valence-electron chi connectivity index (χ0n) is 11.7. The van der Waals surface area contributed by atoms with E-state index in [0.29, 0.717) is 5.90 Å². The molecule has 2 aromatic carbocycles. The molecule has 1 heterocycles. The molecule has 0 fully saturated rings. The Labute approximate surface area is 136 Å². The van der Waals surface area contributed by atoms with Crippen molar-refractivity contribution in [1.82, 2.24) is 0 Å². The molecule has 0 aliphatic carbocycles. The van der Waals surface area contributed by atoms with Crippen LogP contribution < -0.4 is 4.74 Å². The lowest BCUT2D eigenvalue weighted by Gasteiger charge is -1.99. The summed E-state index contributed by atoms with van der Waals surface area (Å²) in [5.41, 5.74) is 1.88. The number of nitrogens with zero attached hydrogens (tertiary/aromatic N) is 1. The first-order chi connectivity index (χ1) is 10.7. The van der Waals surface area contributed by atoms with Crippen molar-refractivity contribution >= 4 is 33.9 Å². The fourth-order valence-electron chi connectivity index (χ4n) is 2.01. The van der Waals surface area contributed by atoms with Crippen LogP contribution in [0.25, 0.3) is 6.08 Å². The Morgan fingerprint density at radius 2 is 1.95 bits per heavy atom. The van der Waals surface area contributed by atoms with Gasteiger partial charge in [-0.05, 0) is 42.0 Å². The third kappa shape index (κ3) is 3.09. The molecule has 0 N–H and O–H groups in total. The molecule has 0 unspecified atom stereocenters. The first-order valence-corrected chi connectivity index (χ1v) is 7.37. The summed E-state index contributed by atoms with van der Waals surface area (Å²) in [6.45, 7) is 0. The van der Waals surface area contributed by atoms with E-state index in [0.717, 1.165) is 21.3 Å². The van der Waals surface area contributed by atoms with E-state index in [1.165, 1.54) is 0 Å². The second kappa shape index (κ2) is 6.15. The van der Waals surface area contributed by atoms with Gasteiger partial charge in [-0.1, -0.05) is 34.1 Å². The average molecular weight is 358 g/mol. The summed E-state index contributed by atoms with van der Waals surface area (Å²) in [6, 6.07) is 14.8. The largest absolute Gasteiger partial charge is 0.497 e. The lowest BCUT2D eigenvalue weighted by atomic mass is 10.2. The summed E-state index contributed by atoms with van der Waals surface area (Å²) >= 11 is 3.38. The van der Waals surface area contributed by atoms with Crippen molar-refractivity contribution < 1.29 is 14.3 Å². The normalized spacial score (nSPS) is 15.6. The van der Waals surface area contributed by atoms with Crippen LogP contribution >= 0.6 is 15.9 Å². The Morgan fingerprint density at radius 3 is 2.64 bits per heavy atom. The average Bonchev–Trinajstić information content (AvgIpc) is 2.89. The molecule has 110 valence electrons. The van der Waals surface area contributed by atoms with Gasteiger partial charge in [-0.2, -0.15) is 0 Å². The van der Waals surface area contributed by atoms with Crippen molar-refractivity contribution in [2.75, 3.05) is 7.11 Å². The summed E-state index contributed by atoms with van der Waals surface area (Å²) in [7, 11) is 1.61. The van der Waals surface area contributed by atoms with Crippen molar-refractivity contribution in [1.29, 1.82) is 0 Å². The van der Waals surface area contributed by atoms with Crippen LogP contribution in [0.2, 0.25) is 0 Å². The van der Waals surface area contributed by atoms with Gasteiger partial charge in [0.2, 0.25) is 5.90 Å². The monoisotopic (exact) mass is 357 g/mol. The van der Waals surface area contributed by atoms with E-state index in [2.05, 4.69) is 20.9 Å². The molecule has 0 aromatic heterocycles. The SMILES string of the molecule is COc1ccc(C=C2N=C(c3cccc(Br)c3)OC2=O)cc1. The lowest BCUT2D eigenvalue weighted by molar-refractivity contribution is -0.129. The smallest absolute Gasteiger partial charge is 0.363 e. The van der Waals surface area contributed by atoms with Gasteiger partial charge >= 0.3 is 5.97 Å². The third-order valence-electron chi connectivity index (χ3n) is 3.11. The van der Waals surface area contributed by atoms with Gasteiger partial charge in [0.05, 0.1) is 7.11 Å². The molecule has 1 aliphatic heterocycles. The number of ether oxygens (including phenoxy) is 2. The second-order valence-corrected chi connectivity index (χ2v) is 5.54. The van der Waals surface area contributed by atoms with Crippen molar-refractivity contribution in [2.24, 2.45) is 4.99 Å². The highest BCUT2D eigenvalue weighted by Gasteiger charge is 2.24. The molecule has 0 amide bonds. The number of aliphatic imine (C=N–C) groups is 1. The number of halogens is 1. The minimum absolute atomic E-state index is 0.278. The highest BCUT2D eigenvalue weighted by molar-refractivity contribution is 9.10. The van der Waals surface area contributed by atoms with Gasteiger partial charge in [0, 0.05) is 10.0 Å². The van der Waals surface area contributed by atoms with Gasteiger partial charge in [-0.3, -0.25) is 0 Å². The van der Waals surface area contributed by atoms with Gasteiger partial charge in [0.15, 0.2) is 5.70 Å². The van der Waals surface area contributed by atoms with Gasteiger partial charge in [0.1, 0.15) is 5.75 Å². The second-order valence-electron chi connectivity index (χ2n) is 4.62. The Bertz CT molecular complexity index is 779. The molecule has 0 bridgehead atoms. The molecule has 0 saturated carbocycles. The Hall–Kier alpha value is -2.40. The minimum atomic E-state index is -0.453. The summed E-state index contributed by atoms with van der Waals surface area (Å²) in [5.74, 6) is 0.617. The van der Waals surface area contributed by atoms with Crippen molar-refractivity contribution in [3.8, 4) is 5.75 Å². The zero-order valence-corrected chi connectivity index (χ0v) is 13.3. The zero-order chi connectivity index (χ0) is 15.5. The van der Waals surface area contributed by atoms with Crippen molar-refractivity contribution in [3.63, 3.8) is 0 Å². The Kier molecular flexibility index (Phi) is 4.06. The van der Waals surface area contributed by atoms with E-state index < -0.39 is 5.97 Å². The van der Waals surface area contributed by atoms with Gasteiger partial charge < -0.3 is 9.47 Å². The number of cyclic esters (lactones) is 1. The van der Waals surface area contributed by atoms with Crippen LogP contribution in [0.5, 0.6) is 5.75 Å². The lowest BCUT2D eigenvalue weighted by Crippen LogP contribution is -2.05. The number of carbonyl (C=O) groups excluding carboxylic acids is 1. The van der Waals surface area contributed by atoms with Crippen LogP contribution in [0.3, 0.4) is 0 Å². The van der Waals surface area contributed by atoms with Crippen LogP contribution in [0.4, 0.5) is 0 Å². The fraction of sp³-hybridized carbons (Fsp3) is 0.0588. The molecular formula is C17H12BrNO3. The maximum absolute atomic E-state index is 11.9. The summed E-state index contributed by atoms with van der Waals surface area (Å²) in [4.78, 5) is 16.2. The molecule has 0 radical (unpaired) electrons. The van der Waals surface area contributed by atoms with Gasteiger partial charge in [-0.15, -0.1) is 0 Å². The number of hydrogen-bond donors (Lipinski definition) is 0.